The molecule has 0 saturated heterocycles. The lowest BCUT2D eigenvalue weighted by Gasteiger charge is -2.40. The summed E-state index contributed by atoms with van der Waals surface area (Å²) in [6.07, 6.45) is 3.89. The van der Waals surface area contributed by atoms with Crippen LogP contribution in [0.1, 0.15) is 42.0 Å². The third-order valence-electron chi connectivity index (χ3n) is 6.55. The van der Waals surface area contributed by atoms with Gasteiger partial charge < -0.3 is 20.1 Å². The van der Waals surface area contributed by atoms with Crippen molar-refractivity contribution in [1.82, 2.24) is 4.90 Å². The second-order valence-corrected chi connectivity index (χ2v) is 8.03. The molecule has 2 aliphatic rings. The minimum atomic E-state index is -0.119. The molecule has 30 heavy (non-hydrogen) atoms. The van der Waals surface area contributed by atoms with Gasteiger partial charge in [0.25, 0.3) is 0 Å². The summed E-state index contributed by atoms with van der Waals surface area (Å²) in [5.41, 5.74) is 9.44. The lowest BCUT2D eigenvalue weighted by Crippen LogP contribution is -2.45. The number of nitrogens with two attached hydrogens (primary N) is 1. The summed E-state index contributed by atoms with van der Waals surface area (Å²) in [4.78, 5) is 15.7. The quantitative estimate of drug-likeness (QED) is 0.779. The molecule has 2 aromatic rings. The van der Waals surface area contributed by atoms with Gasteiger partial charge >= 0.3 is 0 Å². The summed E-state index contributed by atoms with van der Waals surface area (Å²) >= 11 is 0. The fourth-order valence-electron chi connectivity index (χ4n) is 5.04. The number of carbonyl (C=O) groups excluding carboxylic acids is 1. The highest BCUT2D eigenvalue weighted by atomic mass is 35.5. The molecule has 1 aliphatic carbocycles. The lowest BCUT2D eigenvalue weighted by molar-refractivity contribution is -0.138. The van der Waals surface area contributed by atoms with Gasteiger partial charge in [0.1, 0.15) is 0 Å². The van der Waals surface area contributed by atoms with Crippen LogP contribution in [0.25, 0.3) is 0 Å². The van der Waals surface area contributed by atoms with Crippen LogP contribution >= 0.6 is 12.4 Å². The summed E-state index contributed by atoms with van der Waals surface area (Å²) < 4.78 is 11.1. The average molecular weight is 431 g/mol. The van der Waals surface area contributed by atoms with E-state index in [4.69, 9.17) is 15.2 Å². The third kappa shape index (κ3) is 4.01. The Morgan fingerprint density at radius 1 is 1.10 bits per heavy atom. The van der Waals surface area contributed by atoms with E-state index in [2.05, 4.69) is 23.1 Å². The molecule has 1 amide bonds. The van der Waals surface area contributed by atoms with Crippen molar-refractivity contribution in [3.05, 3.63) is 59.2 Å². The molecule has 2 N–H and O–H groups in total. The van der Waals surface area contributed by atoms with E-state index in [0.717, 1.165) is 42.6 Å². The molecule has 0 aromatic heterocycles. The maximum absolute atomic E-state index is 13.7. The Balaban J connectivity index is 0.00000256. The molecule has 1 saturated carbocycles. The number of halogens is 1. The molecule has 6 heteroatoms. The molecular weight excluding hydrogens is 400 g/mol. The van der Waals surface area contributed by atoms with Gasteiger partial charge in [0.15, 0.2) is 11.5 Å². The Bertz CT molecular complexity index is 874. The Morgan fingerprint density at radius 2 is 1.80 bits per heavy atom. The van der Waals surface area contributed by atoms with Gasteiger partial charge in [-0.25, -0.2) is 0 Å². The smallest absolute Gasteiger partial charge is 0.226 e. The standard InChI is InChI=1S/C24H30N2O3.ClH/c1-28-21-13-17-11-12-26(24(27)19-10-6-9-18(19)15-25)23(16-7-4-3-5-8-16)20(17)14-22(21)29-2;/h3-5,7-8,13-14,18-19,23H,6,9-12,15,25H2,1-2H3;1H/t18-,19-,23?;/m1./s1. The van der Waals surface area contributed by atoms with Crippen molar-refractivity contribution in [1.29, 1.82) is 0 Å². The van der Waals surface area contributed by atoms with Crippen molar-refractivity contribution < 1.29 is 14.3 Å². The van der Waals surface area contributed by atoms with E-state index in [1.165, 1.54) is 5.56 Å². The first kappa shape index (κ1) is 22.4. The summed E-state index contributed by atoms with van der Waals surface area (Å²) in [7, 11) is 3.31. The van der Waals surface area contributed by atoms with Gasteiger partial charge in [0.05, 0.1) is 20.3 Å². The van der Waals surface area contributed by atoms with Crippen LogP contribution in [0.2, 0.25) is 0 Å². The highest BCUT2D eigenvalue weighted by Gasteiger charge is 2.40. The zero-order chi connectivity index (χ0) is 20.4. The summed E-state index contributed by atoms with van der Waals surface area (Å²) in [5, 5.41) is 0. The zero-order valence-corrected chi connectivity index (χ0v) is 18.5. The van der Waals surface area contributed by atoms with Crippen LogP contribution in [0.5, 0.6) is 11.5 Å². The summed E-state index contributed by atoms with van der Waals surface area (Å²) in [6, 6.07) is 14.3. The van der Waals surface area contributed by atoms with Gasteiger partial charge in [-0.15, -0.1) is 12.4 Å². The van der Waals surface area contributed by atoms with E-state index in [1.807, 2.05) is 24.3 Å². The monoisotopic (exact) mass is 430 g/mol. The Morgan fingerprint density at radius 3 is 2.47 bits per heavy atom. The van der Waals surface area contributed by atoms with Crippen LogP contribution < -0.4 is 15.2 Å². The number of fused-ring (bicyclic) bond motifs is 1. The molecule has 1 unspecified atom stereocenters. The Hall–Kier alpha value is -2.24. The van der Waals surface area contributed by atoms with Crippen LogP contribution in [0.3, 0.4) is 0 Å². The number of ether oxygens (including phenoxy) is 2. The van der Waals surface area contributed by atoms with Crippen LogP contribution in [0, 0.1) is 11.8 Å². The lowest BCUT2D eigenvalue weighted by atomic mass is 9.85. The van der Waals surface area contributed by atoms with Crippen LogP contribution in [-0.4, -0.2) is 38.1 Å². The van der Waals surface area contributed by atoms with Gasteiger partial charge in [-0.1, -0.05) is 36.8 Å². The van der Waals surface area contributed by atoms with Crippen molar-refractivity contribution in [3.63, 3.8) is 0 Å². The molecule has 1 fully saturated rings. The highest BCUT2D eigenvalue weighted by molar-refractivity contribution is 5.85. The largest absolute Gasteiger partial charge is 0.493 e. The van der Waals surface area contributed by atoms with Crippen molar-refractivity contribution in [2.24, 2.45) is 17.6 Å². The van der Waals surface area contributed by atoms with E-state index in [9.17, 15) is 4.79 Å². The summed E-state index contributed by atoms with van der Waals surface area (Å²) in [5.74, 6) is 2.00. The predicted octanol–water partition coefficient (Wildman–Crippen LogP) is 3.97. The number of hydrogen-bond donors (Lipinski definition) is 1. The maximum Gasteiger partial charge on any atom is 0.226 e. The molecule has 162 valence electrons. The minimum Gasteiger partial charge on any atom is -0.493 e. The first-order chi connectivity index (χ1) is 14.2. The molecule has 4 rings (SSSR count). The topological polar surface area (TPSA) is 64.8 Å². The van der Waals surface area contributed by atoms with Crippen LogP contribution in [-0.2, 0) is 11.2 Å². The van der Waals surface area contributed by atoms with Crippen LogP contribution in [0.4, 0.5) is 0 Å². The fourth-order valence-corrected chi connectivity index (χ4v) is 5.04. The number of hydrogen-bond acceptors (Lipinski definition) is 4. The van der Waals surface area contributed by atoms with Crippen molar-refractivity contribution in [2.75, 3.05) is 27.3 Å². The SMILES string of the molecule is COc1cc2c(cc1OC)C(c1ccccc1)N(C(=O)[C@@H]1CCC[C@@H]1CN)CC2.Cl. The number of carbonyl (C=O) groups is 1. The minimum absolute atomic E-state index is 0. The average Bonchev–Trinajstić information content (AvgIpc) is 3.26. The number of methoxy groups -OCH3 is 2. The molecule has 5 nitrogen and oxygen atoms in total. The van der Waals surface area contributed by atoms with E-state index in [1.54, 1.807) is 14.2 Å². The highest BCUT2D eigenvalue weighted by Crippen LogP contribution is 2.43. The third-order valence-corrected chi connectivity index (χ3v) is 6.55. The van der Waals surface area contributed by atoms with Crippen molar-refractivity contribution in [3.8, 4) is 11.5 Å². The molecule has 1 aliphatic heterocycles. The fraction of sp³-hybridized carbons (Fsp3) is 0.458. The normalized spacial score (nSPS) is 22.8. The Labute approximate surface area is 184 Å². The van der Waals surface area contributed by atoms with E-state index < -0.39 is 0 Å². The second-order valence-electron chi connectivity index (χ2n) is 8.03. The van der Waals surface area contributed by atoms with Gasteiger partial charge in [-0.05, 0) is 60.5 Å². The first-order valence-corrected chi connectivity index (χ1v) is 10.5. The van der Waals surface area contributed by atoms with E-state index in [-0.39, 0.29) is 30.3 Å². The number of benzene rings is 2. The maximum atomic E-state index is 13.7. The van der Waals surface area contributed by atoms with Gasteiger partial charge in [0, 0.05) is 12.5 Å². The van der Waals surface area contributed by atoms with E-state index >= 15 is 0 Å². The van der Waals surface area contributed by atoms with Gasteiger partial charge in [-0.3, -0.25) is 4.79 Å². The number of amides is 1. The number of nitrogens with zero attached hydrogens (tertiary/aromatic N) is 1. The van der Waals surface area contributed by atoms with Crippen molar-refractivity contribution >= 4 is 18.3 Å². The molecular formula is C24H31ClN2O3. The molecule has 3 atom stereocenters. The molecule has 0 spiro atoms. The summed E-state index contributed by atoms with van der Waals surface area (Å²) in [6.45, 7) is 1.29. The zero-order valence-electron chi connectivity index (χ0n) is 17.7. The van der Waals surface area contributed by atoms with Gasteiger partial charge in [0.2, 0.25) is 5.91 Å². The second kappa shape index (κ2) is 9.71. The van der Waals surface area contributed by atoms with E-state index in [0.29, 0.717) is 24.8 Å². The Kier molecular flexibility index (Phi) is 7.27. The molecule has 2 aromatic carbocycles. The predicted molar refractivity (Wildman–Crippen MR) is 120 cm³/mol. The molecule has 0 radical (unpaired) electrons. The van der Waals surface area contributed by atoms with Crippen molar-refractivity contribution in [2.45, 2.75) is 31.7 Å². The molecule has 0 bridgehead atoms. The van der Waals surface area contributed by atoms with Crippen LogP contribution in [0.15, 0.2) is 42.5 Å². The first-order valence-electron chi connectivity index (χ1n) is 10.5. The van der Waals surface area contributed by atoms with Gasteiger partial charge in [-0.2, -0.15) is 0 Å². The number of rotatable bonds is 5. The molecule has 1 heterocycles.